The van der Waals surface area contributed by atoms with Crippen LogP contribution in [0.4, 0.5) is 9.59 Å². The maximum Gasteiger partial charge on any atom is 0.475 e. The summed E-state index contributed by atoms with van der Waals surface area (Å²) in [5.41, 5.74) is -1.18. The van der Waals surface area contributed by atoms with Crippen molar-refractivity contribution in [1.82, 2.24) is 15.3 Å². The van der Waals surface area contributed by atoms with E-state index in [2.05, 4.69) is 97.7 Å². The molecule has 26 heteroatoms. The molecule has 0 aliphatic carbocycles. The Balaban J connectivity index is -0.00000206. The molecule has 0 saturated heterocycles. The minimum Gasteiger partial charge on any atom is -0.462 e. The van der Waals surface area contributed by atoms with Gasteiger partial charge in [-0.05, 0) is 121 Å². The molecule has 24 nitrogen and oxygen atoms in total. The average Bonchev–Trinajstić information content (AvgIpc) is 0.883. The zero-order valence-electron chi connectivity index (χ0n) is 86.5. The van der Waals surface area contributed by atoms with Gasteiger partial charge in [-0.3, -0.25) is 32.7 Å². The highest BCUT2D eigenvalue weighted by atomic mass is 31.2. The van der Waals surface area contributed by atoms with Gasteiger partial charge >= 0.3 is 43.9 Å². The lowest BCUT2D eigenvalue weighted by molar-refractivity contribution is -0.156. The monoisotopic (exact) mass is 1890 g/mol. The van der Waals surface area contributed by atoms with Gasteiger partial charge in [0.15, 0.2) is 0 Å². The van der Waals surface area contributed by atoms with Gasteiger partial charge in [0.25, 0.3) is 8.53 Å². The van der Waals surface area contributed by atoms with Crippen LogP contribution in [0.25, 0.3) is 0 Å². The second-order valence-electron chi connectivity index (χ2n) is 37.7. The van der Waals surface area contributed by atoms with Crippen LogP contribution in [0.1, 0.15) is 483 Å². The zero-order valence-corrected chi connectivity index (χ0v) is 88.3. The number of carbonyl (C=O) groups excluding carboxylic acids is 6. The number of amides is 2. The average molecular weight is 1890 g/mol. The lowest BCUT2D eigenvalue weighted by Gasteiger charge is -2.35. The number of nitrogens with one attached hydrogen (secondary N) is 2. The number of alkyl carbamates (subject to hydrolysis) is 2. The molecule has 0 aromatic carbocycles. The SMILES string of the molecule is C=CCOP(=O)(OCCNC(=O)OC(C)(C)C)OC[C@H](COCC[C@@H](CCCCCCC)OC(=O)CCCCCCCCCCC)OC(=O)CCCCCCCCCCCCC.C=CCOP(OCCNC(=O)OC(C)(C)C)N(C(C)C)C(C)C.CCCCCCCCCCCCCC(=O)O[C@@H](CO)COCC[C@@H](CCCCCCC)OC(=O)CCCCCCCCCCC. The summed E-state index contributed by atoms with van der Waals surface area (Å²) in [6.07, 6.45) is 64.1. The van der Waals surface area contributed by atoms with E-state index in [1.807, 2.05) is 20.8 Å². The predicted octanol–water partition coefficient (Wildman–Crippen LogP) is 29.3. The molecule has 0 aromatic heterocycles. The molecule has 6 atom stereocenters. The van der Waals surface area contributed by atoms with E-state index in [4.69, 9.17) is 60.5 Å². The Hall–Kier alpha value is -3.80. The Labute approximate surface area is 797 Å². The number of unbranched alkanes of at least 4 members (excludes halogenated alkanes) is 44. The van der Waals surface area contributed by atoms with Crippen LogP contribution in [0, 0.1) is 0 Å². The highest BCUT2D eigenvalue weighted by Crippen LogP contribution is 2.50. The van der Waals surface area contributed by atoms with E-state index in [-0.39, 0.29) is 89.3 Å². The maximum atomic E-state index is 13.6. The molecule has 0 saturated carbocycles. The second-order valence-corrected chi connectivity index (χ2v) is 40.9. The number of rotatable bonds is 91. The quantitative estimate of drug-likeness (QED) is 0.0168. The van der Waals surface area contributed by atoms with Crippen molar-refractivity contribution < 1.29 is 99.0 Å². The predicted molar refractivity (Wildman–Crippen MR) is 535 cm³/mol. The number of hydrogen-bond donors (Lipinski definition) is 3. The third-order valence-corrected chi connectivity index (χ3v) is 25.2. The van der Waals surface area contributed by atoms with Crippen LogP contribution in [-0.4, -0.2) is 173 Å². The van der Waals surface area contributed by atoms with Gasteiger partial charge in [-0.15, -0.1) is 13.2 Å². The van der Waals surface area contributed by atoms with Crippen molar-refractivity contribution in [2.24, 2.45) is 0 Å². The van der Waals surface area contributed by atoms with E-state index < -0.39 is 57.9 Å². The normalized spacial score (nSPS) is 13.3. The second kappa shape index (κ2) is 94.2. The fourth-order valence-electron chi connectivity index (χ4n) is 14.5. The number of aliphatic hydroxyl groups is 1. The number of phosphoric ester groups is 1. The van der Waals surface area contributed by atoms with Gasteiger partial charge < -0.3 is 62.7 Å². The first-order chi connectivity index (χ1) is 62.5. The van der Waals surface area contributed by atoms with Crippen LogP contribution in [0.5, 0.6) is 0 Å². The molecule has 0 fully saturated rings. The molecular weight excluding hydrogens is 1690 g/mol. The first kappa shape index (κ1) is 130. The van der Waals surface area contributed by atoms with Gasteiger partial charge in [0.1, 0.15) is 35.6 Å². The highest BCUT2D eigenvalue weighted by Gasteiger charge is 2.31. The largest absolute Gasteiger partial charge is 0.475 e. The Morgan fingerprint density at radius 3 is 0.931 bits per heavy atom. The molecule has 2 amide bonds. The third-order valence-electron chi connectivity index (χ3n) is 21.7. The Morgan fingerprint density at radius 2 is 0.631 bits per heavy atom. The molecule has 0 rings (SSSR count). The van der Waals surface area contributed by atoms with E-state index in [1.54, 1.807) is 26.8 Å². The topological polar surface area (TPSA) is 287 Å². The summed E-state index contributed by atoms with van der Waals surface area (Å²) < 4.78 is 89.4. The summed E-state index contributed by atoms with van der Waals surface area (Å²) in [4.78, 5) is 74.4. The summed E-state index contributed by atoms with van der Waals surface area (Å²) in [5, 5.41) is 14.9. The van der Waals surface area contributed by atoms with Crippen molar-refractivity contribution in [3.05, 3.63) is 25.3 Å². The van der Waals surface area contributed by atoms with Gasteiger partial charge in [0.2, 0.25) is 0 Å². The molecule has 3 N–H and O–H groups in total. The molecule has 0 radical (unpaired) electrons. The van der Waals surface area contributed by atoms with Crippen molar-refractivity contribution in [2.45, 2.75) is 531 Å². The molecule has 0 spiro atoms. The summed E-state index contributed by atoms with van der Waals surface area (Å²) in [6.45, 7) is 40.9. The van der Waals surface area contributed by atoms with Crippen molar-refractivity contribution in [3.8, 4) is 0 Å². The van der Waals surface area contributed by atoms with Crippen LogP contribution < -0.4 is 10.6 Å². The Morgan fingerprint density at radius 1 is 0.346 bits per heavy atom. The van der Waals surface area contributed by atoms with Gasteiger partial charge in [0.05, 0.1) is 66.1 Å². The van der Waals surface area contributed by atoms with Gasteiger partial charge in [0, 0.05) is 63.7 Å². The van der Waals surface area contributed by atoms with Crippen LogP contribution in [-0.2, 0) is 84.3 Å². The standard InChI is InChI=1S/C49H94NO11P.C39H76O6.C16H33N2O4P/c1-8-12-15-18-20-22-23-25-27-30-33-36-47(52)60-45(43-58-62(54,56-39-11-4)57-41-38-50-48(53)61-49(5,6)7)42-55-40-37-44(34-31-28-17-14-10-3)59-46(51)35-32-29-26-24-21-19-16-13-9-2;1-4-7-10-13-15-17-18-20-22-25-28-31-39(42)45-37(34-40)35-43-33-32-36(29-26-23-12-9-6-3)44-38(41)30-27-24-21-19-16-14-11-8-5-2;1-9-11-20-23(18(13(2)3)14(4)5)21-12-10-17-15(19)22-16(6,7)8/h11,44-45H,4,8-10,12-43H2,1-3,5-7H3,(H,50,53);36-37,40H,4-35H2,1-3H3;9,13-14H,1,10-12H2,2-8H3,(H,17,19)/t44-,45+,62?;36-,37+;/m11./s1. The first-order valence-electron chi connectivity index (χ1n) is 52.6. The molecule has 0 bridgehead atoms. The molecule has 0 aliphatic heterocycles. The fraction of sp³-hybridized carbons (Fsp3) is 0.904. The van der Waals surface area contributed by atoms with Crippen LogP contribution >= 0.6 is 16.3 Å². The number of esters is 4. The van der Waals surface area contributed by atoms with Crippen LogP contribution in [0.3, 0.4) is 0 Å². The number of phosphoric acid groups is 1. The zero-order chi connectivity index (χ0) is 97.1. The van der Waals surface area contributed by atoms with Crippen molar-refractivity contribution in [1.29, 1.82) is 0 Å². The van der Waals surface area contributed by atoms with Crippen LogP contribution in [0.15, 0.2) is 25.3 Å². The number of hydrogen-bond acceptors (Lipinski definition) is 22. The van der Waals surface area contributed by atoms with E-state index in [0.29, 0.717) is 77.0 Å². The number of aliphatic hydroxyl groups excluding tert-OH is 1. The van der Waals surface area contributed by atoms with E-state index in [1.165, 1.54) is 212 Å². The smallest absolute Gasteiger partial charge is 0.462 e. The molecule has 0 aromatic rings. The number of nitrogens with zero attached hydrogens (tertiary/aromatic N) is 1. The lowest BCUT2D eigenvalue weighted by Crippen LogP contribution is -2.36. The summed E-state index contributed by atoms with van der Waals surface area (Å²) >= 11 is 0. The van der Waals surface area contributed by atoms with Gasteiger partial charge in [-0.25, -0.2) is 18.8 Å². The van der Waals surface area contributed by atoms with Gasteiger partial charge in [-0.1, -0.05) is 336 Å². The third kappa shape index (κ3) is 93.2. The van der Waals surface area contributed by atoms with Crippen LogP contribution in [0.2, 0.25) is 0 Å². The molecule has 2 unspecified atom stereocenters. The maximum absolute atomic E-state index is 13.6. The summed E-state index contributed by atoms with van der Waals surface area (Å²) in [5.74, 6) is -0.909. The summed E-state index contributed by atoms with van der Waals surface area (Å²) in [7, 11) is -5.36. The number of ether oxygens (including phenoxy) is 8. The van der Waals surface area contributed by atoms with Crippen molar-refractivity contribution >= 4 is 52.4 Å². The molecular formula is C104H203N3O21P2. The Bertz CT molecular complexity index is 2620. The molecule has 0 heterocycles. The van der Waals surface area contributed by atoms with E-state index in [9.17, 15) is 38.4 Å². The van der Waals surface area contributed by atoms with Gasteiger partial charge in [-0.2, -0.15) is 0 Å². The molecule has 0 aliphatic rings. The molecule has 770 valence electrons. The Kier molecular flexibility index (Phi) is 94.4. The molecule has 130 heavy (non-hydrogen) atoms. The highest BCUT2D eigenvalue weighted by molar-refractivity contribution is 7.48. The van der Waals surface area contributed by atoms with E-state index >= 15 is 0 Å². The lowest BCUT2D eigenvalue weighted by atomic mass is 10.1. The van der Waals surface area contributed by atoms with E-state index in [0.717, 1.165) is 122 Å². The summed E-state index contributed by atoms with van der Waals surface area (Å²) in [6, 6.07) is 0.592. The van der Waals surface area contributed by atoms with Crippen molar-refractivity contribution in [3.63, 3.8) is 0 Å². The minimum absolute atomic E-state index is 0.0102. The van der Waals surface area contributed by atoms with Crippen molar-refractivity contribution in [2.75, 3.05) is 79.2 Å². The first-order valence-corrected chi connectivity index (χ1v) is 55.2. The minimum atomic E-state index is -4.16. The number of carbonyl (C=O) groups is 6. The fourth-order valence-corrected chi connectivity index (χ4v) is 17.2.